The molecule has 4 nitrogen and oxygen atoms in total. The third-order valence-electron chi connectivity index (χ3n) is 3.68. The number of hydrogen-bond donors (Lipinski definition) is 1. The van der Waals surface area contributed by atoms with E-state index in [0.29, 0.717) is 18.5 Å². The van der Waals surface area contributed by atoms with Crippen molar-refractivity contribution in [2.45, 2.75) is 46.6 Å². The molecule has 0 aromatic heterocycles. The topological polar surface area (TPSA) is 49.4 Å². The van der Waals surface area contributed by atoms with Gasteiger partial charge in [0.1, 0.15) is 0 Å². The van der Waals surface area contributed by atoms with Crippen molar-refractivity contribution in [2.75, 3.05) is 11.4 Å². The first-order chi connectivity index (χ1) is 9.93. The fourth-order valence-corrected chi connectivity index (χ4v) is 2.68. The fourth-order valence-electron chi connectivity index (χ4n) is 2.68. The molecule has 0 aliphatic carbocycles. The highest BCUT2D eigenvalue weighted by Gasteiger charge is 2.38. The number of amides is 2. The molecule has 1 aliphatic heterocycles. The van der Waals surface area contributed by atoms with Crippen molar-refractivity contribution < 1.29 is 9.59 Å². The molecule has 0 radical (unpaired) electrons. The van der Waals surface area contributed by atoms with Crippen molar-refractivity contribution in [3.8, 4) is 0 Å². The van der Waals surface area contributed by atoms with Gasteiger partial charge < -0.3 is 5.32 Å². The normalized spacial score (nSPS) is 18.1. The van der Waals surface area contributed by atoms with E-state index in [-0.39, 0.29) is 17.2 Å². The maximum atomic E-state index is 12.3. The molecule has 114 valence electrons. The zero-order chi connectivity index (χ0) is 15.5. The minimum atomic E-state index is -0.231. The van der Waals surface area contributed by atoms with Crippen LogP contribution in [0, 0.1) is 5.41 Å². The van der Waals surface area contributed by atoms with E-state index in [2.05, 4.69) is 12.2 Å². The molecule has 4 heteroatoms. The summed E-state index contributed by atoms with van der Waals surface area (Å²) in [5.41, 5.74) is 1.55. The Labute approximate surface area is 126 Å². The van der Waals surface area contributed by atoms with Gasteiger partial charge in [0, 0.05) is 19.4 Å². The number of nitrogens with zero attached hydrogens (tertiary/aromatic N) is 1. The van der Waals surface area contributed by atoms with Gasteiger partial charge in [0.25, 0.3) is 0 Å². The third-order valence-corrected chi connectivity index (χ3v) is 3.68. The smallest absolute Gasteiger partial charge is 0.234 e. The zero-order valence-corrected chi connectivity index (χ0v) is 13.1. The first-order valence-electron chi connectivity index (χ1n) is 7.58. The highest BCUT2D eigenvalue weighted by atomic mass is 16.2. The van der Waals surface area contributed by atoms with Crippen LogP contribution in [0.15, 0.2) is 24.3 Å². The lowest BCUT2D eigenvalue weighted by Gasteiger charge is -2.34. The summed E-state index contributed by atoms with van der Waals surface area (Å²) in [5.74, 6) is -0.204. The Morgan fingerprint density at radius 2 is 1.86 bits per heavy atom. The molecule has 1 N–H and O–H groups in total. The van der Waals surface area contributed by atoms with Gasteiger partial charge in [-0.2, -0.15) is 0 Å². The molecule has 1 fully saturated rings. The van der Waals surface area contributed by atoms with Gasteiger partial charge in [0.15, 0.2) is 0 Å². The van der Waals surface area contributed by atoms with Crippen molar-refractivity contribution in [1.29, 1.82) is 0 Å². The van der Waals surface area contributed by atoms with E-state index >= 15 is 0 Å². The first-order valence-corrected chi connectivity index (χ1v) is 7.58. The van der Waals surface area contributed by atoms with Crippen molar-refractivity contribution in [3.63, 3.8) is 0 Å². The van der Waals surface area contributed by atoms with E-state index in [0.717, 1.165) is 25.1 Å². The quantitative estimate of drug-likeness (QED) is 0.669. The minimum Gasteiger partial charge on any atom is -0.313 e. The van der Waals surface area contributed by atoms with Gasteiger partial charge in [-0.1, -0.05) is 32.9 Å². The highest BCUT2D eigenvalue weighted by Crippen LogP contribution is 2.34. The molecule has 0 spiro atoms. The Kier molecular flexibility index (Phi) is 4.78. The Balaban J connectivity index is 2.16. The number of carbonyl (C=O) groups is 2. The summed E-state index contributed by atoms with van der Waals surface area (Å²) in [4.78, 5) is 25.9. The third kappa shape index (κ3) is 3.91. The van der Waals surface area contributed by atoms with Crippen LogP contribution in [-0.4, -0.2) is 18.4 Å². The van der Waals surface area contributed by atoms with Crippen molar-refractivity contribution >= 4 is 17.5 Å². The second kappa shape index (κ2) is 6.39. The van der Waals surface area contributed by atoms with E-state index < -0.39 is 0 Å². The van der Waals surface area contributed by atoms with Gasteiger partial charge in [-0.15, -0.1) is 0 Å². The van der Waals surface area contributed by atoms with Crippen molar-refractivity contribution in [3.05, 3.63) is 29.8 Å². The molecular formula is C17H24N2O2. The maximum Gasteiger partial charge on any atom is 0.234 e. The van der Waals surface area contributed by atoms with E-state index in [1.165, 1.54) is 4.90 Å². The van der Waals surface area contributed by atoms with Gasteiger partial charge in [-0.3, -0.25) is 14.5 Å². The Morgan fingerprint density at radius 1 is 1.19 bits per heavy atom. The molecule has 1 aromatic carbocycles. The van der Waals surface area contributed by atoms with Crippen LogP contribution in [0.1, 0.15) is 45.6 Å². The Morgan fingerprint density at radius 3 is 2.48 bits per heavy atom. The second-order valence-electron chi connectivity index (χ2n) is 6.49. The monoisotopic (exact) mass is 288 g/mol. The number of imide groups is 1. The lowest BCUT2D eigenvalue weighted by Crippen LogP contribution is -2.46. The van der Waals surface area contributed by atoms with Crippen LogP contribution < -0.4 is 10.2 Å². The van der Waals surface area contributed by atoms with Gasteiger partial charge in [0.2, 0.25) is 11.8 Å². The molecule has 2 amide bonds. The molecule has 0 saturated carbocycles. The number of hydrogen-bond acceptors (Lipinski definition) is 3. The molecule has 0 atom stereocenters. The van der Waals surface area contributed by atoms with Crippen LogP contribution in [0.25, 0.3) is 0 Å². The van der Waals surface area contributed by atoms with Gasteiger partial charge in [-0.25, -0.2) is 0 Å². The minimum absolute atomic E-state index is 0.102. The molecule has 1 saturated heterocycles. The maximum absolute atomic E-state index is 12.3. The molecular weight excluding hydrogens is 264 g/mol. The summed E-state index contributed by atoms with van der Waals surface area (Å²) in [5, 5.41) is 3.33. The number of benzene rings is 1. The van der Waals surface area contributed by atoms with Crippen molar-refractivity contribution in [2.24, 2.45) is 5.41 Å². The molecule has 0 unspecified atom stereocenters. The summed E-state index contributed by atoms with van der Waals surface area (Å²) >= 11 is 0. The average Bonchev–Trinajstić information content (AvgIpc) is 2.37. The van der Waals surface area contributed by atoms with E-state index in [9.17, 15) is 9.59 Å². The highest BCUT2D eigenvalue weighted by molar-refractivity contribution is 6.16. The van der Waals surface area contributed by atoms with Gasteiger partial charge >= 0.3 is 0 Å². The molecule has 21 heavy (non-hydrogen) atoms. The number of piperidine rings is 1. The lowest BCUT2D eigenvalue weighted by molar-refractivity contribution is -0.132. The molecule has 0 bridgehead atoms. The Bertz CT molecular complexity index is 517. The molecule has 1 aromatic rings. The number of rotatable bonds is 5. The van der Waals surface area contributed by atoms with Crippen LogP contribution in [0.3, 0.4) is 0 Å². The summed E-state index contributed by atoms with van der Waals surface area (Å²) < 4.78 is 0. The van der Waals surface area contributed by atoms with E-state index in [4.69, 9.17) is 0 Å². The summed E-state index contributed by atoms with van der Waals surface area (Å²) in [7, 11) is 0. The van der Waals surface area contributed by atoms with Crippen LogP contribution in [-0.2, 0) is 16.1 Å². The second-order valence-corrected chi connectivity index (χ2v) is 6.49. The van der Waals surface area contributed by atoms with Gasteiger partial charge in [0.05, 0.1) is 5.69 Å². The number of anilines is 1. The summed E-state index contributed by atoms with van der Waals surface area (Å²) in [6, 6.07) is 7.67. The standard InChI is InChI=1S/C17H24N2O2/c1-4-8-18-12-13-6-5-7-14(9-13)19-15(20)10-17(2,3)11-16(19)21/h5-7,9,18H,4,8,10-12H2,1-3H3. The molecule has 2 rings (SSSR count). The number of nitrogens with one attached hydrogen (secondary N) is 1. The lowest BCUT2D eigenvalue weighted by atomic mass is 9.81. The van der Waals surface area contributed by atoms with Crippen LogP contribution >= 0.6 is 0 Å². The fraction of sp³-hybridized carbons (Fsp3) is 0.529. The molecule has 1 heterocycles. The SMILES string of the molecule is CCCNCc1cccc(N2C(=O)CC(C)(C)CC2=O)c1. The predicted molar refractivity (Wildman–Crippen MR) is 83.9 cm³/mol. The number of carbonyl (C=O) groups excluding carboxylic acids is 2. The molecule has 1 aliphatic rings. The van der Waals surface area contributed by atoms with Crippen LogP contribution in [0.4, 0.5) is 5.69 Å². The summed E-state index contributed by atoms with van der Waals surface area (Å²) in [6.07, 6.45) is 1.91. The van der Waals surface area contributed by atoms with E-state index in [1.54, 1.807) is 0 Å². The Hall–Kier alpha value is -1.68. The van der Waals surface area contributed by atoms with Crippen LogP contribution in [0.2, 0.25) is 0 Å². The van der Waals surface area contributed by atoms with Crippen molar-refractivity contribution in [1.82, 2.24) is 5.32 Å². The summed E-state index contributed by atoms with van der Waals surface area (Å²) in [6.45, 7) is 7.76. The van der Waals surface area contributed by atoms with Crippen LogP contribution in [0.5, 0.6) is 0 Å². The average molecular weight is 288 g/mol. The van der Waals surface area contributed by atoms with Gasteiger partial charge in [-0.05, 0) is 36.1 Å². The first kappa shape index (κ1) is 15.7. The van der Waals surface area contributed by atoms with E-state index in [1.807, 2.05) is 38.1 Å². The predicted octanol–water partition coefficient (Wildman–Crippen LogP) is 2.87. The zero-order valence-electron chi connectivity index (χ0n) is 13.1. The largest absolute Gasteiger partial charge is 0.313 e.